The Balaban J connectivity index is 2.77. The molecule has 0 bridgehead atoms. The molecule has 0 amide bonds. The average molecular weight is 180 g/mol. The third-order valence-corrected chi connectivity index (χ3v) is 1.88. The number of aliphatic hydroxyl groups is 1. The van der Waals surface area contributed by atoms with Gasteiger partial charge < -0.3 is 16.2 Å². The summed E-state index contributed by atoms with van der Waals surface area (Å²) in [6, 6.07) is 5.86. The van der Waals surface area contributed by atoms with Crippen LogP contribution in [-0.2, 0) is 0 Å². The quantitative estimate of drug-likeness (QED) is 0.616. The van der Waals surface area contributed by atoms with Crippen LogP contribution < -0.4 is 11.1 Å². The summed E-state index contributed by atoms with van der Waals surface area (Å²) >= 11 is 0. The summed E-state index contributed by atoms with van der Waals surface area (Å²) in [6.07, 6.45) is 0. The van der Waals surface area contributed by atoms with E-state index in [1.165, 1.54) is 0 Å². The predicted molar refractivity (Wildman–Crippen MR) is 55.8 cm³/mol. The van der Waals surface area contributed by atoms with Crippen molar-refractivity contribution >= 4 is 11.4 Å². The minimum Gasteiger partial charge on any atom is -0.397 e. The number of rotatable bonds is 3. The third kappa shape index (κ3) is 2.63. The van der Waals surface area contributed by atoms with E-state index in [1.54, 1.807) is 0 Å². The van der Waals surface area contributed by atoms with E-state index in [1.807, 2.05) is 32.0 Å². The zero-order chi connectivity index (χ0) is 9.84. The van der Waals surface area contributed by atoms with Crippen LogP contribution in [0.1, 0.15) is 12.5 Å². The van der Waals surface area contributed by atoms with Crippen molar-refractivity contribution in [2.45, 2.75) is 19.9 Å². The van der Waals surface area contributed by atoms with Gasteiger partial charge in [-0.25, -0.2) is 0 Å². The molecule has 0 heterocycles. The molecule has 1 atom stereocenters. The van der Waals surface area contributed by atoms with Gasteiger partial charge in [0.15, 0.2) is 0 Å². The van der Waals surface area contributed by atoms with Crippen molar-refractivity contribution < 1.29 is 5.11 Å². The number of hydrogen-bond acceptors (Lipinski definition) is 3. The molecule has 1 rings (SSSR count). The minimum atomic E-state index is 0.0324. The molecule has 13 heavy (non-hydrogen) atoms. The van der Waals surface area contributed by atoms with Crippen LogP contribution in [0.15, 0.2) is 18.2 Å². The summed E-state index contributed by atoms with van der Waals surface area (Å²) in [5, 5.41) is 12.0. The van der Waals surface area contributed by atoms with Gasteiger partial charge in [0.2, 0.25) is 0 Å². The topological polar surface area (TPSA) is 58.3 Å². The summed E-state index contributed by atoms with van der Waals surface area (Å²) in [5.74, 6) is 0. The molecule has 0 aromatic heterocycles. The van der Waals surface area contributed by atoms with Crippen molar-refractivity contribution in [3.05, 3.63) is 23.8 Å². The Morgan fingerprint density at radius 2 is 2.23 bits per heavy atom. The maximum Gasteiger partial charge on any atom is 0.0630 e. The van der Waals surface area contributed by atoms with Crippen molar-refractivity contribution in [2.75, 3.05) is 17.7 Å². The van der Waals surface area contributed by atoms with Crippen LogP contribution in [0, 0.1) is 6.92 Å². The van der Waals surface area contributed by atoms with Crippen LogP contribution >= 0.6 is 0 Å². The first kappa shape index (κ1) is 9.86. The summed E-state index contributed by atoms with van der Waals surface area (Å²) in [6.45, 7) is 4.00. The van der Waals surface area contributed by atoms with E-state index in [2.05, 4.69) is 5.32 Å². The maximum absolute atomic E-state index is 8.84. The van der Waals surface area contributed by atoms with Gasteiger partial charge in [0, 0.05) is 6.04 Å². The summed E-state index contributed by atoms with van der Waals surface area (Å²) in [5.41, 5.74) is 8.52. The first-order valence-electron chi connectivity index (χ1n) is 4.37. The van der Waals surface area contributed by atoms with Gasteiger partial charge in [-0.05, 0) is 31.5 Å². The second-order valence-electron chi connectivity index (χ2n) is 3.32. The largest absolute Gasteiger partial charge is 0.397 e. The van der Waals surface area contributed by atoms with Crippen molar-refractivity contribution in [3.63, 3.8) is 0 Å². The summed E-state index contributed by atoms with van der Waals surface area (Å²) in [4.78, 5) is 0. The van der Waals surface area contributed by atoms with E-state index in [4.69, 9.17) is 10.8 Å². The molecule has 0 fully saturated rings. The molecule has 0 spiro atoms. The molecule has 1 aromatic rings. The van der Waals surface area contributed by atoms with Gasteiger partial charge in [-0.3, -0.25) is 0 Å². The average Bonchev–Trinajstić information content (AvgIpc) is 2.09. The highest BCUT2D eigenvalue weighted by Gasteiger charge is 2.02. The molecule has 4 N–H and O–H groups in total. The Bertz CT molecular complexity index is 286. The lowest BCUT2D eigenvalue weighted by Crippen LogP contribution is -2.19. The maximum atomic E-state index is 8.84. The molecule has 3 heteroatoms. The molecule has 1 unspecified atom stereocenters. The molecule has 0 aliphatic rings. The van der Waals surface area contributed by atoms with Crippen LogP contribution in [0.5, 0.6) is 0 Å². The standard InChI is InChI=1S/C10H16N2O/c1-7-3-4-10(9(11)5-7)12-8(2)6-13/h3-5,8,12-13H,6,11H2,1-2H3. The highest BCUT2D eigenvalue weighted by molar-refractivity contribution is 5.67. The van der Waals surface area contributed by atoms with Gasteiger partial charge in [-0.15, -0.1) is 0 Å². The van der Waals surface area contributed by atoms with Gasteiger partial charge in [0.05, 0.1) is 18.0 Å². The fourth-order valence-electron chi connectivity index (χ4n) is 1.12. The number of nitrogens with two attached hydrogens (primary N) is 1. The normalized spacial score (nSPS) is 12.5. The third-order valence-electron chi connectivity index (χ3n) is 1.88. The highest BCUT2D eigenvalue weighted by Crippen LogP contribution is 2.19. The SMILES string of the molecule is Cc1ccc(NC(C)CO)c(N)c1. The van der Waals surface area contributed by atoms with Gasteiger partial charge >= 0.3 is 0 Å². The molecule has 0 saturated heterocycles. The Hall–Kier alpha value is -1.22. The van der Waals surface area contributed by atoms with E-state index >= 15 is 0 Å². The molecular weight excluding hydrogens is 164 g/mol. The molecular formula is C10H16N2O. The van der Waals surface area contributed by atoms with Crippen molar-refractivity contribution in [1.29, 1.82) is 0 Å². The van der Waals surface area contributed by atoms with Gasteiger partial charge in [0.1, 0.15) is 0 Å². The monoisotopic (exact) mass is 180 g/mol. The van der Waals surface area contributed by atoms with Crippen molar-refractivity contribution in [2.24, 2.45) is 0 Å². The number of nitrogens with one attached hydrogen (secondary N) is 1. The lowest BCUT2D eigenvalue weighted by atomic mass is 10.2. The number of aliphatic hydroxyl groups excluding tert-OH is 1. The Morgan fingerprint density at radius 3 is 2.77 bits per heavy atom. The number of aryl methyl sites for hydroxylation is 1. The molecule has 72 valence electrons. The molecule has 0 aliphatic heterocycles. The fraction of sp³-hybridized carbons (Fsp3) is 0.400. The molecule has 0 saturated carbocycles. The molecule has 1 aromatic carbocycles. The Morgan fingerprint density at radius 1 is 1.54 bits per heavy atom. The van der Waals surface area contributed by atoms with E-state index in [0.717, 1.165) is 16.9 Å². The molecule has 3 nitrogen and oxygen atoms in total. The van der Waals surface area contributed by atoms with Crippen LogP contribution in [0.25, 0.3) is 0 Å². The number of nitrogen functional groups attached to an aromatic ring is 1. The lowest BCUT2D eigenvalue weighted by molar-refractivity contribution is 0.281. The van der Waals surface area contributed by atoms with Crippen LogP contribution in [0.2, 0.25) is 0 Å². The Labute approximate surface area is 78.6 Å². The minimum absolute atomic E-state index is 0.0324. The van der Waals surface area contributed by atoms with Crippen LogP contribution in [-0.4, -0.2) is 17.8 Å². The summed E-state index contributed by atoms with van der Waals surface area (Å²) < 4.78 is 0. The second kappa shape index (κ2) is 4.14. The Kier molecular flexibility index (Phi) is 3.14. The van der Waals surface area contributed by atoms with E-state index in [-0.39, 0.29) is 12.6 Å². The van der Waals surface area contributed by atoms with E-state index < -0.39 is 0 Å². The second-order valence-corrected chi connectivity index (χ2v) is 3.32. The number of anilines is 2. The smallest absolute Gasteiger partial charge is 0.0630 e. The van der Waals surface area contributed by atoms with Gasteiger partial charge in [0.25, 0.3) is 0 Å². The van der Waals surface area contributed by atoms with Crippen LogP contribution in [0.3, 0.4) is 0 Å². The summed E-state index contributed by atoms with van der Waals surface area (Å²) in [7, 11) is 0. The zero-order valence-corrected chi connectivity index (χ0v) is 8.04. The molecule has 0 radical (unpaired) electrons. The molecule has 0 aliphatic carbocycles. The van der Waals surface area contributed by atoms with Crippen LogP contribution in [0.4, 0.5) is 11.4 Å². The first-order valence-corrected chi connectivity index (χ1v) is 4.37. The van der Waals surface area contributed by atoms with Gasteiger partial charge in [-0.1, -0.05) is 6.07 Å². The van der Waals surface area contributed by atoms with Crippen molar-refractivity contribution in [3.8, 4) is 0 Å². The predicted octanol–water partition coefficient (Wildman–Crippen LogP) is 1.37. The lowest BCUT2D eigenvalue weighted by Gasteiger charge is -2.14. The number of benzene rings is 1. The van der Waals surface area contributed by atoms with E-state index in [0.29, 0.717) is 0 Å². The first-order chi connectivity index (χ1) is 6.13. The fourth-order valence-corrected chi connectivity index (χ4v) is 1.12. The number of hydrogen-bond donors (Lipinski definition) is 3. The zero-order valence-electron chi connectivity index (χ0n) is 8.04. The van der Waals surface area contributed by atoms with Crippen molar-refractivity contribution in [1.82, 2.24) is 0 Å². The van der Waals surface area contributed by atoms with Gasteiger partial charge in [-0.2, -0.15) is 0 Å². The highest BCUT2D eigenvalue weighted by atomic mass is 16.3. The van der Waals surface area contributed by atoms with E-state index in [9.17, 15) is 0 Å².